The van der Waals surface area contributed by atoms with E-state index in [-0.39, 0.29) is 0 Å². The van der Waals surface area contributed by atoms with Crippen LogP contribution in [-0.2, 0) is 11.3 Å². The number of aromatic nitrogens is 1. The van der Waals surface area contributed by atoms with Crippen molar-refractivity contribution >= 4 is 5.82 Å². The molecular weight excluding hydrogens is 238 g/mol. The van der Waals surface area contributed by atoms with E-state index in [9.17, 15) is 0 Å². The summed E-state index contributed by atoms with van der Waals surface area (Å²) in [5, 5.41) is 3.42. The van der Waals surface area contributed by atoms with Crippen molar-refractivity contribution in [1.29, 1.82) is 0 Å². The van der Waals surface area contributed by atoms with Gasteiger partial charge >= 0.3 is 0 Å². The molecule has 0 saturated carbocycles. The summed E-state index contributed by atoms with van der Waals surface area (Å²) in [5.74, 6) is 1.08. The summed E-state index contributed by atoms with van der Waals surface area (Å²) in [7, 11) is 0. The van der Waals surface area contributed by atoms with Crippen LogP contribution in [0.5, 0.6) is 0 Å². The first kappa shape index (κ1) is 14.3. The van der Waals surface area contributed by atoms with Crippen molar-refractivity contribution in [3.8, 4) is 0 Å². The minimum atomic E-state index is 0.293. The van der Waals surface area contributed by atoms with E-state index >= 15 is 0 Å². The van der Waals surface area contributed by atoms with E-state index in [1.54, 1.807) is 0 Å². The fraction of sp³-hybridized carbons (Fsp3) is 0.667. The van der Waals surface area contributed by atoms with Crippen LogP contribution in [-0.4, -0.2) is 37.3 Å². The maximum absolute atomic E-state index is 5.57. The summed E-state index contributed by atoms with van der Waals surface area (Å²) in [6.45, 7) is 11.0. The smallest absolute Gasteiger partial charge is 0.128 e. The zero-order valence-electron chi connectivity index (χ0n) is 12.3. The van der Waals surface area contributed by atoms with Gasteiger partial charge in [0.25, 0.3) is 0 Å². The second kappa shape index (κ2) is 6.87. The molecule has 1 aromatic heterocycles. The number of rotatable bonds is 5. The maximum Gasteiger partial charge on any atom is 0.128 e. The predicted octanol–water partition coefficient (Wildman–Crippen LogP) is 2.11. The van der Waals surface area contributed by atoms with Gasteiger partial charge in [0.2, 0.25) is 0 Å². The number of nitrogens with zero attached hydrogens (tertiary/aromatic N) is 2. The van der Waals surface area contributed by atoms with Crippen LogP contribution in [0.3, 0.4) is 0 Å². The van der Waals surface area contributed by atoms with Gasteiger partial charge in [-0.3, -0.25) is 0 Å². The van der Waals surface area contributed by atoms with Crippen molar-refractivity contribution in [2.45, 2.75) is 39.8 Å². The molecule has 2 heterocycles. The first-order valence-electron chi connectivity index (χ1n) is 7.24. The molecule has 1 atom stereocenters. The Labute approximate surface area is 116 Å². The molecule has 1 N–H and O–H groups in total. The number of morpholine rings is 1. The fourth-order valence-electron chi connectivity index (χ4n) is 2.37. The lowest BCUT2D eigenvalue weighted by atomic mass is 10.2. The van der Waals surface area contributed by atoms with Gasteiger partial charge in [0.05, 0.1) is 12.7 Å². The Morgan fingerprint density at radius 3 is 3.00 bits per heavy atom. The predicted molar refractivity (Wildman–Crippen MR) is 78.6 cm³/mol. The van der Waals surface area contributed by atoms with Gasteiger partial charge in [-0.2, -0.15) is 0 Å². The Morgan fingerprint density at radius 2 is 2.32 bits per heavy atom. The molecule has 4 heteroatoms. The van der Waals surface area contributed by atoms with Crippen LogP contribution in [0, 0.1) is 6.92 Å². The molecule has 1 aliphatic heterocycles. The number of nitrogens with one attached hydrogen (secondary N) is 1. The molecule has 0 spiro atoms. The minimum absolute atomic E-state index is 0.293. The largest absolute Gasteiger partial charge is 0.375 e. The highest BCUT2D eigenvalue weighted by Crippen LogP contribution is 2.17. The molecule has 0 bridgehead atoms. The van der Waals surface area contributed by atoms with E-state index in [4.69, 9.17) is 9.72 Å². The minimum Gasteiger partial charge on any atom is -0.375 e. The molecule has 1 aromatic rings. The lowest BCUT2D eigenvalue weighted by Gasteiger charge is -2.32. The van der Waals surface area contributed by atoms with Gasteiger partial charge in [-0.15, -0.1) is 0 Å². The number of hydrogen-bond acceptors (Lipinski definition) is 4. The molecule has 106 valence electrons. The van der Waals surface area contributed by atoms with Crippen LogP contribution in [0.4, 0.5) is 5.82 Å². The molecule has 1 saturated heterocycles. The third-order valence-corrected chi connectivity index (χ3v) is 3.49. The Hall–Kier alpha value is -1.13. The third-order valence-electron chi connectivity index (χ3n) is 3.49. The first-order valence-corrected chi connectivity index (χ1v) is 7.24. The summed E-state index contributed by atoms with van der Waals surface area (Å²) in [4.78, 5) is 7.05. The molecule has 0 aliphatic carbocycles. The number of anilines is 1. The number of ether oxygens (including phenoxy) is 1. The SMILES string of the molecule is CCCNCc1ccc(N2CCOC(C)C2)nc1C. The Balaban J connectivity index is 2.01. The molecule has 1 aliphatic rings. The molecule has 1 fully saturated rings. The van der Waals surface area contributed by atoms with Gasteiger partial charge in [-0.05, 0) is 38.4 Å². The van der Waals surface area contributed by atoms with Crippen molar-refractivity contribution in [2.24, 2.45) is 0 Å². The van der Waals surface area contributed by atoms with Crippen LogP contribution in [0.15, 0.2) is 12.1 Å². The molecule has 19 heavy (non-hydrogen) atoms. The molecule has 4 nitrogen and oxygen atoms in total. The molecule has 0 radical (unpaired) electrons. The second-order valence-electron chi connectivity index (χ2n) is 5.22. The maximum atomic E-state index is 5.57. The van der Waals surface area contributed by atoms with Crippen LogP contribution in [0.2, 0.25) is 0 Å². The van der Waals surface area contributed by atoms with Gasteiger partial charge in [-0.25, -0.2) is 4.98 Å². The molecule has 2 rings (SSSR count). The van der Waals surface area contributed by atoms with Crippen molar-refractivity contribution in [1.82, 2.24) is 10.3 Å². The zero-order chi connectivity index (χ0) is 13.7. The normalized spacial score (nSPS) is 19.7. The highest BCUT2D eigenvalue weighted by atomic mass is 16.5. The van der Waals surface area contributed by atoms with E-state index in [0.29, 0.717) is 6.10 Å². The van der Waals surface area contributed by atoms with E-state index in [2.05, 4.69) is 43.1 Å². The monoisotopic (exact) mass is 263 g/mol. The van der Waals surface area contributed by atoms with Gasteiger partial charge in [0.15, 0.2) is 0 Å². The average Bonchev–Trinajstić information content (AvgIpc) is 2.41. The van der Waals surface area contributed by atoms with Crippen molar-refractivity contribution in [2.75, 3.05) is 31.1 Å². The molecular formula is C15H25N3O. The summed E-state index contributed by atoms with van der Waals surface area (Å²) < 4.78 is 5.57. The van der Waals surface area contributed by atoms with E-state index in [1.807, 2.05) is 0 Å². The topological polar surface area (TPSA) is 37.4 Å². The standard InChI is InChI=1S/C15H25N3O/c1-4-7-16-10-14-5-6-15(17-13(14)3)18-8-9-19-12(2)11-18/h5-6,12,16H,4,7-11H2,1-3H3. The van der Waals surface area contributed by atoms with Gasteiger partial charge < -0.3 is 15.0 Å². The lowest BCUT2D eigenvalue weighted by Crippen LogP contribution is -2.41. The molecule has 0 amide bonds. The number of aryl methyl sites for hydroxylation is 1. The van der Waals surface area contributed by atoms with Crippen molar-refractivity contribution in [3.05, 3.63) is 23.4 Å². The highest BCUT2D eigenvalue weighted by molar-refractivity contribution is 5.42. The second-order valence-corrected chi connectivity index (χ2v) is 5.22. The number of hydrogen-bond donors (Lipinski definition) is 1. The molecule has 1 unspecified atom stereocenters. The summed E-state index contributed by atoms with van der Waals surface area (Å²) in [6, 6.07) is 4.33. The van der Waals surface area contributed by atoms with Crippen molar-refractivity contribution in [3.63, 3.8) is 0 Å². The summed E-state index contributed by atoms with van der Waals surface area (Å²) in [5.41, 5.74) is 2.42. The fourth-order valence-corrected chi connectivity index (χ4v) is 2.37. The molecule has 0 aromatic carbocycles. The van der Waals surface area contributed by atoms with E-state index in [1.165, 1.54) is 5.56 Å². The van der Waals surface area contributed by atoms with Gasteiger partial charge in [-0.1, -0.05) is 13.0 Å². The Bertz CT molecular complexity index is 408. The Kier molecular flexibility index (Phi) is 5.16. The van der Waals surface area contributed by atoms with Gasteiger partial charge in [0, 0.05) is 25.3 Å². The van der Waals surface area contributed by atoms with Crippen LogP contribution in [0.1, 0.15) is 31.5 Å². The average molecular weight is 263 g/mol. The van der Waals surface area contributed by atoms with E-state index in [0.717, 1.165) is 50.7 Å². The van der Waals surface area contributed by atoms with Gasteiger partial charge in [0.1, 0.15) is 5.82 Å². The van der Waals surface area contributed by atoms with Crippen LogP contribution in [0.25, 0.3) is 0 Å². The summed E-state index contributed by atoms with van der Waals surface area (Å²) >= 11 is 0. The van der Waals surface area contributed by atoms with E-state index < -0.39 is 0 Å². The van der Waals surface area contributed by atoms with Crippen LogP contribution >= 0.6 is 0 Å². The quantitative estimate of drug-likeness (QED) is 0.826. The zero-order valence-corrected chi connectivity index (χ0v) is 12.3. The third kappa shape index (κ3) is 3.91. The Morgan fingerprint density at radius 1 is 1.47 bits per heavy atom. The number of pyridine rings is 1. The van der Waals surface area contributed by atoms with Crippen LogP contribution < -0.4 is 10.2 Å². The van der Waals surface area contributed by atoms with Crippen molar-refractivity contribution < 1.29 is 4.74 Å². The highest BCUT2D eigenvalue weighted by Gasteiger charge is 2.18. The first-order chi connectivity index (χ1) is 9.20. The lowest BCUT2D eigenvalue weighted by molar-refractivity contribution is 0.0529. The summed E-state index contributed by atoms with van der Waals surface area (Å²) in [6.07, 6.45) is 1.46.